The summed E-state index contributed by atoms with van der Waals surface area (Å²) in [7, 11) is 0. The summed E-state index contributed by atoms with van der Waals surface area (Å²) in [5, 5.41) is 9.31. The number of anilines is 2. The number of aromatic nitrogens is 2. The van der Waals surface area contributed by atoms with Gasteiger partial charge in [0, 0.05) is 23.8 Å². The van der Waals surface area contributed by atoms with E-state index in [-0.39, 0.29) is 0 Å². The van der Waals surface area contributed by atoms with E-state index in [2.05, 4.69) is 44.9 Å². The predicted octanol–water partition coefficient (Wildman–Crippen LogP) is 4.59. The lowest BCUT2D eigenvalue weighted by Crippen LogP contribution is -2.19. The van der Waals surface area contributed by atoms with Gasteiger partial charge >= 0.3 is 0 Å². The Kier molecular flexibility index (Phi) is 3.76. The van der Waals surface area contributed by atoms with Gasteiger partial charge in [0.15, 0.2) is 5.11 Å². The minimum Gasteiger partial charge on any atom is -0.332 e. The first-order valence-electron chi connectivity index (χ1n) is 7.55. The Morgan fingerprint density at radius 3 is 2.21 bits per heavy atom. The third-order valence-electron chi connectivity index (χ3n) is 3.73. The largest absolute Gasteiger partial charge is 0.332 e. The lowest BCUT2D eigenvalue weighted by atomic mass is 10.1. The van der Waals surface area contributed by atoms with Crippen LogP contribution in [-0.4, -0.2) is 15.1 Å². The second-order valence-electron chi connectivity index (χ2n) is 5.40. The lowest BCUT2D eigenvalue weighted by molar-refractivity contribution is 1.29. The Hall–Kier alpha value is -3.05. The maximum absolute atomic E-state index is 5.41. The lowest BCUT2D eigenvalue weighted by Gasteiger charge is -2.11. The quantitative estimate of drug-likeness (QED) is 0.526. The van der Waals surface area contributed by atoms with E-state index in [0.717, 1.165) is 22.4 Å². The van der Waals surface area contributed by atoms with Crippen LogP contribution < -0.4 is 10.6 Å². The second-order valence-corrected chi connectivity index (χ2v) is 5.81. The Bertz CT molecular complexity index is 962. The van der Waals surface area contributed by atoms with Crippen LogP contribution in [0.3, 0.4) is 0 Å². The summed E-state index contributed by atoms with van der Waals surface area (Å²) in [4.78, 5) is 8.56. The molecule has 0 atom stereocenters. The number of thiocarbonyl (C=S) groups is 1. The van der Waals surface area contributed by atoms with Crippen LogP contribution in [0.4, 0.5) is 11.4 Å². The van der Waals surface area contributed by atoms with E-state index < -0.39 is 0 Å². The van der Waals surface area contributed by atoms with Crippen LogP contribution in [0.25, 0.3) is 21.8 Å². The standard InChI is InChI=1S/C19H14N4S/c24-19(22-15-6-5-13-3-1-2-4-14(13)11-15)23-16-7-8-17-18(12-16)21-10-9-20-17/h1-12H,(H2,22,23,24). The molecule has 2 N–H and O–H groups in total. The van der Waals surface area contributed by atoms with E-state index >= 15 is 0 Å². The number of nitrogens with one attached hydrogen (secondary N) is 2. The molecule has 3 aromatic carbocycles. The minimum atomic E-state index is 0.536. The van der Waals surface area contributed by atoms with Gasteiger partial charge in [-0.25, -0.2) is 0 Å². The highest BCUT2D eigenvalue weighted by molar-refractivity contribution is 7.80. The molecule has 0 radical (unpaired) electrons. The first-order valence-corrected chi connectivity index (χ1v) is 7.96. The van der Waals surface area contributed by atoms with Crippen molar-refractivity contribution in [3.63, 3.8) is 0 Å². The van der Waals surface area contributed by atoms with Crippen LogP contribution in [-0.2, 0) is 0 Å². The van der Waals surface area contributed by atoms with Crippen molar-refractivity contribution in [3.05, 3.63) is 73.1 Å². The van der Waals surface area contributed by atoms with Gasteiger partial charge in [-0.2, -0.15) is 0 Å². The molecule has 0 amide bonds. The zero-order valence-electron chi connectivity index (χ0n) is 12.7. The molecule has 0 fully saturated rings. The summed E-state index contributed by atoms with van der Waals surface area (Å²) in [6.07, 6.45) is 3.36. The number of benzene rings is 3. The highest BCUT2D eigenvalue weighted by atomic mass is 32.1. The van der Waals surface area contributed by atoms with Gasteiger partial charge in [0.2, 0.25) is 0 Å². The molecule has 24 heavy (non-hydrogen) atoms. The molecule has 0 saturated carbocycles. The van der Waals surface area contributed by atoms with Gasteiger partial charge in [-0.3, -0.25) is 9.97 Å². The summed E-state index contributed by atoms with van der Waals surface area (Å²) >= 11 is 5.41. The Morgan fingerprint density at radius 2 is 1.38 bits per heavy atom. The van der Waals surface area contributed by atoms with Crippen molar-refractivity contribution in [2.45, 2.75) is 0 Å². The van der Waals surface area contributed by atoms with Gasteiger partial charge < -0.3 is 10.6 Å². The molecule has 5 heteroatoms. The van der Waals surface area contributed by atoms with Crippen LogP contribution in [0.15, 0.2) is 73.1 Å². The van der Waals surface area contributed by atoms with Crippen LogP contribution in [0.2, 0.25) is 0 Å². The average Bonchev–Trinajstić information content (AvgIpc) is 2.61. The molecule has 1 aromatic heterocycles. The van der Waals surface area contributed by atoms with Crippen LogP contribution in [0.5, 0.6) is 0 Å². The van der Waals surface area contributed by atoms with Gasteiger partial charge in [0.25, 0.3) is 0 Å². The van der Waals surface area contributed by atoms with Gasteiger partial charge in [-0.05, 0) is 53.3 Å². The number of rotatable bonds is 2. The molecule has 0 aliphatic heterocycles. The molecular formula is C19H14N4S. The fraction of sp³-hybridized carbons (Fsp3) is 0. The topological polar surface area (TPSA) is 49.8 Å². The molecule has 116 valence electrons. The zero-order valence-corrected chi connectivity index (χ0v) is 13.5. The molecule has 0 aliphatic carbocycles. The van der Waals surface area contributed by atoms with Crippen LogP contribution >= 0.6 is 12.2 Å². The Labute approximate surface area is 144 Å². The van der Waals surface area contributed by atoms with Gasteiger partial charge in [-0.1, -0.05) is 30.3 Å². The molecule has 1 heterocycles. The highest BCUT2D eigenvalue weighted by Gasteiger charge is 2.02. The number of fused-ring (bicyclic) bond motifs is 2. The van der Waals surface area contributed by atoms with Crippen molar-refractivity contribution < 1.29 is 0 Å². The van der Waals surface area contributed by atoms with E-state index in [1.165, 1.54) is 10.8 Å². The molecule has 4 nitrogen and oxygen atoms in total. The van der Waals surface area contributed by atoms with Gasteiger partial charge in [0.1, 0.15) is 0 Å². The van der Waals surface area contributed by atoms with Gasteiger partial charge in [-0.15, -0.1) is 0 Å². The molecule has 0 bridgehead atoms. The number of hydrogen-bond donors (Lipinski definition) is 2. The monoisotopic (exact) mass is 330 g/mol. The van der Waals surface area contributed by atoms with E-state index in [4.69, 9.17) is 12.2 Å². The maximum Gasteiger partial charge on any atom is 0.175 e. The third-order valence-corrected chi connectivity index (χ3v) is 3.94. The average molecular weight is 330 g/mol. The van der Waals surface area contributed by atoms with Crippen molar-refractivity contribution in [2.75, 3.05) is 10.6 Å². The molecule has 4 rings (SSSR count). The first-order chi connectivity index (χ1) is 11.8. The predicted molar refractivity (Wildman–Crippen MR) is 103 cm³/mol. The molecular weight excluding hydrogens is 316 g/mol. The Morgan fingerprint density at radius 1 is 0.708 bits per heavy atom. The normalized spacial score (nSPS) is 10.7. The summed E-state index contributed by atoms with van der Waals surface area (Å²) in [5.41, 5.74) is 3.51. The summed E-state index contributed by atoms with van der Waals surface area (Å²) in [6, 6.07) is 20.2. The minimum absolute atomic E-state index is 0.536. The van der Waals surface area contributed by atoms with E-state index in [9.17, 15) is 0 Å². The fourth-order valence-electron chi connectivity index (χ4n) is 2.60. The SMILES string of the molecule is S=C(Nc1ccc2ccccc2c1)Nc1ccc2nccnc2c1. The van der Waals surface area contributed by atoms with E-state index in [0.29, 0.717) is 5.11 Å². The summed E-state index contributed by atoms with van der Waals surface area (Å²) in [5.74, 6) is 0. The second kappa shape index (κ2) is 6.22. The van der Waals surface area contributed by atoms with Crippen LogP contribution in [0.1, 0.15) is 0 Å². The van der Waals surface area contributed by atoms with Crippen molar-refractivity contribution in [3.8, 4) is 0 Å². The van der Waals surface area contributed by atoms with Crippen molar-refractivity contribution in [2.24, 2.45) is 0 Å². The van der Waals surface area contributed by atoms with Crippen molar-refractivity contribution >= 4 is 50.5 Å². The van der Waals surface area contributed by atoms with Crippen molar-refractivity contribution in [1.29, 1.82) is 0 Å². The molecule has 0 spiro atoms. The highest BCUT2D eigenvalue weighted by Crippen LogP contribution is 2.20. The summed E-state index contributed by atoms with van der Waals surface area (Å²) < 4.78 is 0. The summed E-state index contributed by atoms with van der Waals surface area (Å²) in [6.45, 7) is 0. The smallest absolute Gasteiger partial charge is 0.175 e. The van der Waals surface area contributed by atoms with Crippen molar-refractivity contribution in [1.82, 2.24) is 9.97 Å². The fourth-order valence-corrected chi connectivity index (χ4v) is 2.84. The van der Waals surface area contributed by atoms with E-state index in [1.54, 1.807) is 12.4 Å². The molecule has 0 saturated heterocycles. The maximum atomic E-state index is 5.41. The molecule has 0 aliphatic rings. The third kappa shape index (κ3) is 3.02. The van der Waals surface area contributed by atoms with Crippen LogP contribution in [0, 0.1) is 0 Å². The number of hydrogen-bond acceptors (Lipinski definition) is 3. The zero-order chi connectivity index (χ0) is 16.4. The van der Waals surface area contributed by atoms with Gasteiger partial charge in [0.05, 0.1) is 11.0 Å². The molecule has 4 aromatic rings. The molecule has 0 unspecified atom stereocenters. The van der Waals surface area contributed by atoms with E-state index in [1.807, 2.05) is 36.4 Å². The Balaban J connectivity index is 1.52. The first kappa shape index (κ1) is 14.5. The number of nitrogens with zero attached hydrogens (tertiary/aromatic N) is 2.